The molecule has 0 bridgehead atoms. The van der Waals surface area contributed by atoms with Gasteiger partial charge >= 0.3 is 11.9 Å². The Hall–Kier alpha value is -3.15. The number of hydrogen-bond donors (Lipinski definition) is 0. The van der Waals surface area contributed by atoms with Crippen LogP contribution in [0.5, 0.6) is 0 Å². The van der Waals surface area contributed by atoms with Crippen molar-refractivity contribution in [1.29, 1.82) is 0 Å². The highest BCUT2D eigenvalue weighted by Crippen LogP contribution is 2.24. The highest BCUT2D eigenvalue weighted by Gasteiger charge is 2.35. The van der Waals surface area contributed by atoms with Crippen LogP contribution in [0.2, 0.25) is 0 Å². The Morgan fingerprint density at radius 2 is 1.68 bits per heavy atom. The van der Waals surface area contributed by atoms with Crippen molar-refractivity contribution in [2.75, 3.05) is 13.7 Å². The molecule has 1 aliphatic rings. The van der Waals surface area contributed by atoms with E-state index in [2.05, 4.69) is 0 Å². The molecule has 0 aliphatic carbocycles. The zero-order valence-electron chi connectivity index (χ0n) is 16.2. The van der Waals surface area contributed by atoms with Gasteiger partial charge in [0.15, 0.2) is 6.61 Å². The van der Waals surface area contributed by atoms with Crippen molar-refractivity contribution < 1.29 is 23.9 Å². The molecule has 1 amide bonds. The van der Waals surface area contributed by atoms with Crippen LogP contribution >= 0.6 is 0 Å². The van der Waals surface area contributed by atoms with Crippen LogP contribution in [0.15, 0.2) is 42.5 Å². The van der Waals surface area contributed by atoms with Crippen molar-refractivity contribution in [1.82, 2.24) is 4.90 Å². The van der Waals surface area contributed by atoms with E-state index in [0.29, 0.717) is 12.0 Å². The first-order chi connectivity index (χ1) is 13.4. The number of benzene rings is 2. The SMILES string of the molecule is COC(=O)[C@H]1Cc2ccccc2CN1C(=O)COC(=O)c1cc(C)cc(C)c1. The summed E-state index contributed by atoms with van der Waals surface area (Å²) < 4.78 is 10.1. The van der Waals surface area contributed by atoms with Gasteiger partial charge in [-0.1, -0.05) is 41.5 Å². The molecule has 0 saturated carbocycles. The Kier molecular flexibility index (Phi) is 5.78. The molecule has 0 aromatic heterocycles. The third-order valence-corrected chi connectivity index (χ3v) is 4.83. The lowest BCUT2D eigenvalue weighted by molar-refractivity contribution is -0.155. The molecular weight excluding hydrogens is 358 g/mol. The Morgan fingerprint density at radius 1 is 1.04 bits per heavy atom. The van der Waals surface area contributed by atoms with Crippen LogP contribution in [0.4, 0.5) is 0 Å². The fourth-order valence-electron chi connectivity index (χ4n) is 3.52. The maximum Gasteiger partial charge on any atom is 0.338 e. The van der Waals surface area contributed by atoms with Gasteiger partial charge in [-0.15, -0.1) is 0 Å². The molecule has 0 radical (unpaired) electrons. The fourth-order valence-corrected chi connectivity index (χ4v) is 3.52. The topological polar surface area (TPSA) is 72.9 Å². The summed E-state index contributed by atoms with van der Waals surface area (Å²) in [5.74, 6) is -1.47. The average molecular weight is 381 g/mol. The van der Waals surface area contributed by atoms with Gasteiger partial charge in [-0.25, -0.2) is 9.59 Å². The first-order valence-electron chi connectivity index (χ1n) is 9.08. The number of aryl methyl sites for hydroxylation is 2. The van der Waals surface area contributed by atoms with Crippen molar-refractivity contribution in [3.63, 3.8) is 0 Å². The van der Waals surface area contributed by atoms with E-state index in [-0.39, 0.29) is 6.54 Å². The summed E-state index contributed by atoms with van der Waals surface area (Å²) in [6.07, 6.45) is 0.375. The molecule has 28 heavy (non-hydrogen) atoms. The molecule has 3 rings (SSSR count). The number of carbonyl (C=O) groups excluding carboxylic acids is 3. The standard InChI is InChI=1S/C22H23NO5/c1-14-8-15(2)10-18(9-14)21(25)28-13-20(24)23-12-17-7-5-4-6-16(17)11-19(23)22(26)27-3/h4-10,19H,11-13H2,1-3H3/t19-/m1/s1. The highest BCUT2D eigenvalue weighted by atomic mass is 16.5. The molecule has 2 aromatic carbocycles. The smallest absolute Gasteiger partial charge is 0.338 e. The highest BCUT2D eigenvalue weighted by molar-refractivity contribution is 5.92. The van der Waals surface area contributed by atoms with Crippen molar-refractivity contribution >= 4 is 17.8 Å². The van der Waals surface area contributed by atoms with E-state index in [1.807, 2.05) is 44.2 Å². The van der Waals surface area contributed by atoms with Gasteiger partial charge in [0.25, 0.3) is 5.91 Å². The Morgan fingerprint density at radius 3 is 2.32 bits per heavy atom. The van der Waals surface area contributed by atoms with E-state index in [1.54, 1.807) is 12.1 Å². The summed E-state index contributed by atoms with van der Waals surface area (Å²) >= 11 is 0. The van der Waals surface area contributed by atoms with Crippen LogP contribution in [0.25, 0.3) is 0 Å². The maximum absolute atomic E-state index is 12.7. The largest absolute Gasteiger partial charge is 0.467 e. The minimum absolute atomic E-state index is 0.274. The summed E-state index contributed by atoms with van der Waals surface area (Å²) in [6, 6.07) is 12.3. The Balaban J connectivity index is 1.72. The number of carbonyl (C=O) groups is 3. The number of amides is 1. The van der Waals surface area contributed by atoms with E-state index >= 15 is 0 Å². The summed E-state index contributed by atoms with van der Waals surface area (Å²) in [4.78, 5) is 38.7. The first-order valence-corrected chi connectivity index (χ1v) is 9.08. The third kappa shape index (κ3) is 4.22. The van der Waals surface area contributed by atoms with E-state index in [4.69, 9.17) is 9.47 Å². The molecule has 1 aliphatic heterocycles. The van der Waals surface area contributed by atoms with Crippen molar-refractivity contribution in [2.24, 2.45) is 0 Å². The molecule has 0 spiro atoms. The normalized spacial score (nSPS) is 15.5. The van der Waals surface area contributed by atoms with E-state index < -0.39 is 30.5 Å². The van der Waals surface area contributed by atoms with Gasteiger partial charge < -0.3 is 14.4 Å². The van der Waals surface area contributed by atoms with Crippen LogP contribution in [0, 0.1) is 13.8 Å². The molecule has 0 unspecified atom stereocenters. The van der Waals surface area contributed by atoms with Crippen molar-refractivity contribution in [2.45, 2.75) is 32.9 Å². The number of methoxy groups -OCH3 is 1. The van der Waals surface area contributed by atoms with Crippen molar-refractivity contribution in [3.8, 4) is 0 Å². The molecular formula is C22H23NO5. The summed E-state index contributed by atoms with van der Waals surface area (Å²) in [6.45, 7) is 3.62. The lowest BCUT2D eigenvalue weighted by atomic mass is 9.94. The monoisotopic (exact) mass is 381 g/mol. The Labute approximate surface area is 164 Å². The van der Waals surface area contributed by atoms with Crippen LogP contribution in [0.3, 0.4) is 0 Å². The first kappa shape index (κ1) is 19.6. The molecule has 6 nitrogen and oxygen atoms in total. The lowest BCUT2D eigenvalue weighted by Gasteiger charge is -2.35. The molecule has 2 aromatic rings. The second kappa shape index (κ2) is 8.25. The molecule has 1 atom stereocenters. The zero-order chi connectivity index (χ0) is 20.3. The third-order valence-electron chi connectivity index (χ3n) is 4.83. The maximum atomic E-state index is 12.7. The molecule has 6 heteroatoms. The number of esters is 2. The second-order valence-electron chi connectivity index (χ2n) is 6.99. The van der Waals surface area contributed by atoms with Gasteiger partial charge in [0.05, 0.1) is 12.7 Å². The average Bonchev–Trinajstić information content (AvgIpc) is 2.69. The fraction of sp³-hybridized carbons (Fsp3) is 0.318. The van der Waals surface area contributed by atoms with E-state index in [0.717, 1.165) is 22.3 Å². The summed E-state index contributed by atoms with van der Waals surface area (Å²) in [7, 11) is 1.30. The van der Waals surface area contributed by atoms with Gasteiger partial charge in [0.2, 0.25) is 0 Å². The quantitative estimate of drug-likeness (QED) is 0.761. The second-order valence-corrected chi connectivity index (χ2v) is 6.99. The number of rotatable bonds is 4. The number of ether oxygens (including phenoxy) is 2. The minimum atomic E-state index is -0.729. The van der Waals surface area contributed by atoms with Gasteiger partial charge in [-0.3, -0.25) is 4.79 Å². The van der Waals surface area contributed by atoms with Gasteiger partial charge in [0, 0.05) is 13.0 Å². The summed E-state index contributed by atoms with van der Waals surface area (Å²) in [5, 5.41) is 0. The van der Waals surface area contributed by atoms with Crippen LogP contribution in [-0.4, -0.2) is 42.5 Å². The number of fused-ring (bicyclic) bond motifs is 1. The van der Waals surface area contributed by atoms with Gasteiger partial charge in [-0.2, -0.15) is 0 Å². The molecule has 0 fully saturated rings. The van der Waals surface area contributed by atoms with Crippen LogP contribution in [0.1, 0.15) is 32.6 Å². The van der Waals surface area contributed by atoms with Crippen LogP contribution < -0.4 is 0 Å². The lowest BCUT2D eigenvalue weighted by Crippen LogP contribution is -2.50. The molecule has 0 saturated heterocycles. The Bertz CT molecular complexity index is 901. The number of nitrogens with zero attached hydrogens (tertiary/aromatic N) is 1. The van der Waals surface area contributed by atoms with Gasteiger partial charge in [-0.05, 0) is 37.1 Å². The minimum Gasteiger partial charge on any atom is -0.467 e. The number of hydrogen-bond acceptors (Lipinski definition) is 5. The van der Waals surface area contributed by atoms with Gasteiger partial charge in [0.1, 0.15) is 6.04 Å². The summed E-state index contributed by atoms with van der Waals surface area (Å²) in [5.41, 5.74) is 4.26. The van der Waals surface area contributed by atoms with Crippen LogP contribution in [-0.2, 0) is 32.0 Å². The molecule has 146 valence electrons. The predicted molar refractivity (Wildman–Crippen MR) is 103 cm³/mol. The van der Waals surface area contributed by atoms with E-state index in [9.17, 15) is 14.4 Å². The van der Waals surface area contributed by atoms with Crippen molar-refractivity contribution in [3.05, 3.63) is 70.3 Å². The molecule has 1 heterocycles. The van der Waals surface area contributed by atoms with E-state index in [1.165, 1.54) is 12.0 Å². The zero-order valence-corrected chi connectivity index (χ0v) is 16.2. The predicted octanol–water partition coefficient (Wildman–Crippen LogP) is 2.59. The molecule has 0 N–H and O–H groups in total.